The van der Waals surface area contributed by atoms with Gasteiger partial charge < -0.3 is 9.64 Å². The maximum atomic E-state index is 6.73. The second kappa shape index (κ2) is 10.8. The van der Waals surface area contributed by atoms with E-state index in [1.54, 1.807) is 0 Å². The molecular formula is C43H29NOS. The van der Waals surface area contributed by atoms with E-state index in [-0.39, 0.29) is 0 Å². The summed E-state index contributed by atoms with van der Waals surface area (Å²) in [4.78, 5) is 4.89. The van der Waals surface area contributed by atoms with Crippen molar-refractivity contribution in [3.05, 3.63) is 198 Å². The molecule has 2 nitrogen and oxygen atoms in total. The van der Waals surface area contributed by atoms with Crippen molar-refractivity contribution in [2.24, 2.45) is 0 Å². The van der Waals surface area contributed by atoms with Crippen molar-refractivity contribution in [2.75, 3.05) is 4.90 Å². The molecule has 2 aliphatic rings. The Bertz CT molecular complexity index is 2120. The second-order valence-electron chi connectivity index (χ2n) is 11.7. The Morgan fingerprint density at radius 1 is 0.391 bits per heavy atom. The predicted molar refractivity (Wildman–Crippen MR) is 189 cm³/mol. The van der Waals surface area contributed by atoms with E-state index in [2.05, 4.69) is 181 Å². The molecule has 7 aromatic carbocycles. The quantitative estimate of drug-likeness (QED) is 0.197. The minimum Gasteiger partial charge on any atom is -0.457 e. The Kier molecular flexibility index (Phi) is 6.32. The molecule has 2 aliphatic heterocycles. The Labute approximate surface area is 273 Å². The molecule has 218 valence electrons. The lowest BCUT2D eigenvalue weighted by molar-refractivity contribution is 0.431. The average Bonchev–Trinajstić information content (AvgIpc) is 3.13. The van der Waals surface area contributed by atoms with Gasteiger partial charge in [-0.15, -0.1) is 0 Å². The zero-order valence-corrected chi connectivity index (χ0v) is 25.8. The number of para-hydroxylation sites is 2. The van der Waals surface area contributed by atoms with Crippen LogP contribution in [0.25, 0.3) is 11.1 Å². The van der Waals surface area contributed by atoms with Crippen LogP contribution in [0.15, 0.2) is 186 Å². The summed E-state index contributed by atoms with van der Waals surface area (Å²) in [5.41, 5.74) is 9.96. The van der Waals surface area contributed by atoms with E-state index >= 15 is 0 Å². The minimum atomic E-state index is -0.549. The van der Waals surface area contributed by atoms with Crippen molar-refractivity contribution in [3.63, 3.8) is 0 Å². The number of benzene rings is 7. The van der Waals surface area contributed by atoms with Gasteiger partial charge in [-0.2, -0.15) is 0 Å². The van der Waals surface area contributed by atoms with Crippen molar-refractivity contribution < 1.29 is 4.74 Å². The first-order valence-corrected chi connectivity index (χ1v) is 16.4. The van der Waals surface area contributed by atoms with Crippen molar-refractivity contribution in [1.29, 1.82) is 0 Å². The zero-order valence-electron chi connectivity index (χ0n) is 25.0. The molecule has 0 saturated heterocycles. The maximum absolute atomic E-state index is 6.73. The molecule has 0 radical (unpaired) electrons. The van der Waals surface area contributed by atoms with Gasteiger partial charge in [-0.1, -0.05) is 127 Å². The van der Waals surface area contributed by atoms with Crippen LogP contribution in [-0.2, 0) is 5.41 Å². The van der Waals surface area contributed by atoms with Crippen LogP contribution in [0.5, 0.6) is 11.5 Å². The largest absolute Gasteiger partial charge is 0.457 e. The minimum absolute atomic E-state index is 0.549. The molecule has 0 aromatic heterocycles. The third-order valence-corrected chi connectivity index (χ3v) is 10.3. The number of hydrogen-bond acceptors (Lipinski definition) is 3. The highest BCUT2D eigenvalue weighted by molar-refractivity contribution is 7.99. The molecule has 1 spiro atoms. The third-order valence-electron chi connectivity index (χ3n) is 9.16. The van der Waals surface area contributed by atoms with E-state index in [0.29, 0.717) is 0 Å². The fourth-order valence-electron chi connectivity index (χ4n) is 7.22. The molecule has 0 amide bonds. The lowest BCUT2D eigenvalue weighted by Crippen LogP contribution is -2.36. The van der Waals surface area contributed by atoms with Crippen molar-refractivity contribution in [2.45, 2.75) is 15.2 Å². The predicted octanol–water partition coefficient (Wildman–Crippen LogP) is 11.8. The zero-order chi connectivity index (χ0) is 30.5. The Morgan fingerprint density at radius 2 is 0.935 bits per heavy atom. The topological polar surface area (TPSA) is 12.5 Å². The summed E-state index contributed by atoms with van der Waals surface area (Å²) < 4.78 is 6.73. The van der Waals surface area contributed by atoms with Gasteiger partial charge in [0.2, 0.25) is 0 Å². The summed E-state index contributed by atoms with van der Waals surface area (Å²) in [6.07, 6.45) is 0. The summed E-state index contributed by atoms with van der Waals surface area (Å²) in [7, 11) is 0. The van der Waals surface area contributed by atoms with E-state index in [4.69, 9.17) is 4.74 Å². The monoisotopic (exact) mass is 607 g/mol. The van der Waals surface area contributed by atoms with Gasteiger partial charge in [-0.3, -0.25) is 0 Å². The van der Waals surface area contributed by atoms with E-state index in [1.165, 1.54) is 32.0 Å². The molecule has 0 aliphatic carbocycles. The molecule has 9 rings (SSSR count). The molecule has 3 heteroatoms. The number of ether oxygens (including phenoxy) is 1. The number of rotatable bonds is 4. The molecule has 0 unspecified atom stereocenters. The van der Waals surface area contributed by atoms with Crippen molar-refractivity contribution >= 4 is 28.8 Å². The summed E-state index contributed by atoms with van der Waals surface area (Å²) in [5, 5.41) is 0. The lowest BCUT2D eigenvalue weighted by atomic mass is 9.63. The van der Waals surface area contributed by atoms with Gasteiger partial charge in [-0.25, -0.2) is 0 Å². The van der Waals surface area contributed by atoms with Crippen LogP contribution in [0, 0.1) is 0 Å². The fraction of sp³-hybridized carbons (Fsp3) is 0.0233. The van der Waals surface area contributed by atoms with Gasteiger partial charge in [0, 0.05) is 38.0 Å². The van der Waals surface area contributed by atoms with Crippen LogP contribution in [0.2, 0.25) is 0 Å². The van der Waals surface area contributed by atoms with Crippen molar-refractivity contribution in [1.82, 2.24) is 0 Å². The molecule has 0 atom stereocenters. The van der Waals surface area contributed by atoms with E-state index in [0.717, 1.165) is 39.7 Å². The van der Waals surface area contributed by atoms with Crippen LogP contribution >= 0.6 is 11.8 Å². The van der Waals surface area contributed by atoms with E-state index < -0.39 is 5.41 Å². The van der Waals surface area contributed by atoms with Gasteiger partial charge in [-0.05, 0) is 82.9 Å². The van der Waals surface area contributed by atoms with Gasteiger partial charge >= 0.3 is 0 Å². The van der Waals surface area contributed by atoms with Gasteiger partial charge in [0.05, 0.1) is 5.41 Å². The summed E-state index contributed by atoms with van der Waals surface area (Å²) in [5.74, 6) is 1.78. The van der Waals surface area contributed by atoms with Crippen LogP contribution in [0.3, 0.4) is 0 Å². The first-order chi connectivity index (χ1) is 22.8. The van der Waals surface area contributed by atoms with Crippen LogP contribution < -0.4 is 9.64 Å². The third kappa shape index (κ3) is 4.13. The Hall–Kier alpha value is -5.51. The van der Waals surface area contributed by atoms with Crippen LogP contribution in [-0.4, -0.2) is 0 Å². The molecule has 2 heterocycles. The molecule has 7 aromatic rings. The normalized spacial score (nSPS) is 13.5. The number of nitrogens with zero attached hydrogens (tertiary/aromatic N) is 1. The summed E-state index contributed by atoms with van der Waals surface area (Å²) in [6, 6.07) is 63.0. The number of hydrogen-bond donors (Lipinski definition) is 0. The fourth-order valence-corrected chi connectivity index (χ4v) is 8.41. The molecule has 0 N–H and O–H groups in total. The van der Waals surface area contributed by atoms with Crippen LogP contribution in [0.4, 0.5) is 17.1 Å². The molecule has 0 saturated carbocycles. The lowest BCUT2D eigenvalue weighted by Gasteiger charge is -2.45. The first-order valence-electron chi connectivity index (χ1n) is 15.6. The van der Waals surface area contributed by atoms with Gasteiger partial charge in [0.15, 0.2) is 0 Å². The van der Waals surface area contributed by atoms with Crippen molar-refractivity contribution in [3.8, 4) is 22.6 Å². The number of anilines is 3. The first kappa shape index (κ1) is 26.9. The van der Waals surface area contributed by atoms with E-state index in [9.17, 15) is 0 Å². The average molecular weight is 608 g/mol. The highest BCUT2D eigenvalue weighted by atomic mass is 32.2. The van der Waals surface area contributed by atoms with Crippen LogP contribution in [0.1, 0.15) is 22.3 Å². The van der Waals surface area contributed by atoms with Gasteiger partial charge in [0.1, 0.15) is 11.5 Å². The Balaban J connectivity index is 1.32. The highest BCUT2D eigenvalue weighted by Crippen LogP contribution is 2.62. The summed E-state index contributed by atoms with van der Waals surface area (Å²) >= 11 is 1.85. The van der Waals surface area contributed by atoms with Gasteiger partial charge in [0.25, 0.3) is 0 Å². The number of fused-ring (bicyclic) bond motifs is 8. The van der Waals surface area contributed by atoms with E-state index in [1.807, 2.05) is 11.8 Å². The maximum Gasteiger partial charge on any atom is 0.132 e. The molecule has 46 heavy (non-hydrogen) atoms. The standard InChI is InChI=1S/C43H29NOS/c1-3-14-30(15-4-1)31-16-13-19-33(28-31)44(32-17-5-2-6-18-32)34-26-27-40-38(29-34)43(35-20-7-10-23-39(35)45-40)36-21-8-11-24-41(36)46-42-25-12-9-22-37(42)43/h1-29H. The highest BCUT2D eigenvalue weighted by Gasteiger charge is 2.49. The smallest absolute Gasteiger partial charge is 0.132 e. The SMILES string of the molecule is c1ccc(-c2cccc(N(c3ccccc3)c3ccc4c(c3)C3(c5ccccc5O4)c4ccccc4Sc4ccccc43)c2)cc1. The molecule has 0 fully saturated rings. The summed E-state index contributed by atoms with van der Waals surface area (Å²) in [6.45, 7) is 0. The molecular weight excluding hydrogens is 579 g/mol. The molecule has 0 bridgehead atoms. The second-order valence-corrected chi connectivity index (χ2v) is 12.8. The Morgan fingerprint density at radius 3 is 1.67 bits per heavy atom.